The Morgan fingerprint density at radius 2 is 1.85 bits per heavy atom. The summed E-state index contributed by atoms with van der Waals surface area (Å²) in [6, 6.07) is 13.0. The second kappa shape index (κ2) is 7.37. The van der Waals surface area contributed by atoms with Crippen molar-refractivity contribution in [1.29, 1.82) is 0 Å². The summed E-state index contributed by atoms with van der Waals surface area (Å²) in [6.07, 6.45) is 2.60. The molecule has 1 N–H and O–H groups in total. The molecule has 2 heterocycles. The minimum atomic E-state index is -1.02. The van der Waals surface area contributed by atoms with Crippen molar-refractivity contribution >= 4 is 45.8 Å². The first kappa shape index (κ1) is 18.1. The van der Waals surface area contributed by atoms with Gasteiger partial charge >= 0.3 is 5.97 Å². The molecule has 1 aliphatic heterocycles. The first-order valence-corrected chi connectivity index (χ1v) is 9.64. The maximum atomic E-state index is 12.0. The number of benzene rings is 2. The average molecular weight is 401 g/mol. The molecule has 0 bridgehead atoms. The van der Waals surface area contributed by atoms with Crippen molar-refractivity contribution < 1.29 is 9.90 Å². The number of rotatable bonds is 4. The van der Waals surface area contributed by atoms with Gasteiger partial charge in [-0.15, -0.1) is 0 Å². The lowest BCUT2D eigenvalue weighted by atomic mass is 9.97. The van der Waals surface area contributed by atoms with Crippen LogP contribution in [0.5, 0.6) is 0 Å². The Labute approximate surface area is 167 Å². The molecule has 0 saturated carbocycles. The topological polar surface area (TPSA) is 53.4 Å². The fourth-order valence-electron chi connectivity index (χ4n) is 3.73. The highest BCUT2D eigenvalue weighted by molar-refractivity contribution is 6.31. The van der Waals surface area contributed by atoms with Gasteiger partial charge in [-0.3, -0.25) is 0 Å². The van der Waals surface area contributed by atoms with Crippen LogP contribution in [0.4, 0.5) is 5.69 Å². The van der Waals surface area contributed by atoms with Gasteiger partial charge in [-0.05, 0) is 48.2 Å². The second-order valence-electron chi connectivity index (χ2n) is 6.72. The quantitative estimate of drug-likeness (QED) is 0.633. The van der Waals surface area contributed by atoms with Gasteiger partial charge in [-0.25, -0.2) is 9.78 Å². The molecule has 1 aromatic heterocycles. The van der Waals surface area contributed by atoms with E-state index in [1.54, 1.807) is 12.1 Å². The van der Waals surface area contributed by atoms with Crippen molar-refractivity contribution in [3.05, 3.63) is 69.3 Å². The smallest absolute Gasteiger partial charge is 0.356 e. The summed E-state index contributed by atoms with van der Waals surface area (Å²) in [4.78, 5) is 18.6. The van der Waals surface area contributed by atoms with Gasteiger partial charge < -0.3 is 10.0 Å². The summed E-state index contributed by atoms with van der Waals surface area (Å²) in [5.41, 5.74) is 3.27. The molecule has 1 saturated heterocycles. The maximum absolute atomic E-state index is 12.0. The van der Waals surface area contributed by atoms with Gasteiger partial charge in [0, 0.05) is 34.9 Å². The van der Waals surface area contributed by atoms with Crippen molar-refractivity contribution in [1.82, 2.24) is 4.98 Å². The fourth-order valence-corrected chi connectivity index (χ4v) is 4.11. The zero-order chi connectivity index (χ0) is 19.0. The molecule has 1 aliphatic rings. The molecule has 0 aliphatic carbocycles. The Balaban J connectivity index is 2.01. The molecule has 0 amide bonds. The van der Waals surface area contributed by atoms with Gasteiger partial charge in [0.05, 0.1) is 11.2 Å². The van der Waals surface area contributed by atoms with Crippen LogP contribution in [0.2, 0.25) is 10.0 Å². The first-order chi connectivity index (χ1) is 13.0. The molecule has 0 unspecified atom stereocenters. The van der Waals surface area contributed by atoms with E-state index >= 15 is 0 Å². The monoisotopic (exact) mass is 400 g/mol. The van der Waals surface area contributed by atoms with E-state index < -0.39 is 5.97 Å². The van der Waals surface area contributed by atoms with E-state index in [4.69, 9.17) is 23.2 Å². The molecular weight excluding hydrogens is 383 g/mol. The highest BCUT2D eigenvalue weighted by Gasteiger charge is 2.26. The molecule has 4 rings (SSSR count). The number of nitrogens with zero attached hydrogens (tertiary/aromatic N) is 2. The van der Waals surface area contributed by atoms with Crippen LogP contribution >= 0.6 is 23.2 Å². The molecule has 0 radical (unpaired) electrons. The summed E-state index contributed by atoms with van der Waals surface area (Å²) >= 11 is 12.7. The lowest BCUT2D eigenvalue weighted by Gasteiger charge is -2.25. The summed E-state index contributed by atoms with van der Waals surface area (Å²) in [5.74, 6) is -1.02. The highest BCUT2D eigenvalue weighted by Crippen LogP contribution is 2.36. The third-order valence-corrected chi connectivity index (χ3v) is 5.58. The molecule has 138 valence electrons. The largest absolute Gasteiger partial charge is 0.476 e. The van der Waals surface area contributed by atoms with Crippen molar-refractivity contribution in [2.45, 2.75) is 19.3 Å². The summed E-state index contributed by atoms with van der Waals surface area (Å²) in [6.45, 7) is 1.65. The number of carboxylic acid groups (broad SMARTS) is 1. The van der Waals surface area contributed by atoms with Gasteiger partial charge in [0.1, 0.15) is 0 Å². The van der Waals surface area contributed by atoms with Crippen LogP contribution < -0.4 is 4.90 Å². The molecule has 4 nitrogen and oxygen atoms in total. The minimum Gasteiger partial charge on any atom is -0.476 e. The standard InChI is InChI=1S/C21H18Cl2N2O2/c22-14-7-8-18-15(12-14)16(11-13-5-1-2-6-17(13)23)20(19(24-18)21(26)27)25-9-3-4-10-25/h1-2,5-8,12H,3-4,9-11H2,(H,26,27). The number of fused-ring (bicyclic) bond motifs is 1. The van der Waals surface area contributed by atoms with E-state index in [2.05, 4.69) is 9.88 Å². The number of carbonyl (C=O) groups is 1. The number of aromatic carboxylic acids is 1. The van der Waals surface area contributed by atoms with Crippen molar-refractivity contribution in [2.75, 3.05) is 18.0 Å². The number of halogens is 2. The van der Waals surface area contributed by atoms with E-state index in [0.717, 1.165) is 42.4 Å². The zero-order valence-electron chi connectivity index (χ0n) is 14.6. The van der Waals surface area contributed by atoms with Crippen LogP contribution in [-0.2, 0) is 6.42 Å². The van der Waals surface area contributed by atoms with Crippen LogP contribution in [0.15, 0.2) is 42.5 Å². The van der Waals surface area contributed by atoms with Gasteiger partial charge in [-0.1, -0.05) is 41.4 Å². The minimum absolute atomic E-state index is 0.0915. The summed E-state index contributed by atoms with van der Waals surface area (Å²) < 4.78 is 0. The number of carboxylic acids is 1. The van der Waals surface area contributed by atoms with Crippen molar-refractivity contribution in [3.8, 4) is 0 Å². The first-order valence-electron chi connectivity index (χ1n) is 8.88. The summed E-state index contributed by atoms with van der Waals surface area (Å²) in [7, 11) is 0. The normalized spacial score (nSPS) is 14.1. The molecule has 1 fully saturated rings. The van der Waals surface area contributed by atoms with Crippen LogP contribution in [0.3, 0.4) is 0 Å². The third-order valence-electron chi connectivity index (χ3n) is 4.98. The number of aromatic nitrogens is 1. The van der Waals surface area contributed by atoms with Crippen LogP contribution in [-0.4, -0.2) is 29.1 Å². The van der Waals surface area contributed by atoms with Crippen LogP contribution in [0, 0.1) is 0 Å². The van der Waals surface area contributed by atoms with E-state index in [1.807, 2.05) is 30.3 Å². The van der Waals surface area contributed by atoms with Gasteiger partial charge in [0.25, 0.3) is 0 Å². The van der Waals surface area contributed by atoms with Crippen molar-refractivity contribution in [3.63, 3.8) is 0 Å². The fraction of sp³-hybridized carbons (Fsp3) is 0.238. The Morgan fingerprint density at radius 1 is 1.11 bits per heavy atom. The van der Waals surface area contributed by atoms with Gasteiger partial charge in [-0.2, -0.15) is 0 Å². The predicted octanol–water partition coefficient (Wildman–Crippen LogP) is 5.43. The number of anilines is 1. The molecule has 2 aromatic carbocycles. The number of pyridine rings is 1. The van der Waals surface area contributed by atoms with Gasteiger partial charge in [0.2, 0.25) is 0 Å². The average Bonchev–Trinajstić information content (AvgIpc) is 3.17. The molecule has 0 spiro atoms. The van der Waals surface area contributed by atoms with Crippen LogP contribution in [0.1, 0.15) is 34.5 Å². The molecular formula is C21H18Cl2N2O2. The Morgan fingerprint density at radius 3 is 2.56 bits per heavy atom. The predicted molar refractivity (Wildman–Crippen MR) is 109 cm³/mol. The summed E-state index contributed by atoms with van der Waals surface area (Å²) in [5, 5.41) is 12.0. The molecule has 0 atom stereocenters. The van der Waals surface area contributed by atoms with E-state index in [-0.39, 0.29) is 5.69 Å². The van der Waals surface area contributed by atoms with E-state index in [1.165, 1.54) is 0 Å². The van der Waals surface area contributed by atoms with E-state index in [0.29, 0.717) is 27.7 Å². The molecule has 3 aromatic rings. The lowest BCUT2D eigenvalue weighted by Crippen LogP contribution is -2.24. The van der Waals surface area contributed by atoms with Gasteiger partial charge in [0.15, 0.2) is 5.69 Å². The van der Waals surface area contributed by atoms with E-state index in [9.17, 15) is 9.90 Å². The number of hydrogen-bond donors (Lipinski definition) is 1. The highest BCUT2D eigenvalue weighted by atomic mass is 35.5. The Hall–Kier alpha value is -2.30. The molecule has 6 heteroatoms. The zero-order valence-corrected chi connectivity index (χ0v) is 16.1. The Bertz CT molecular complexity index is 1030. The maximum Gasteiger partial charge on any atom is 0.356 e. The van der Waals surface area contributed by atoms with Crippen LogP contribution in [0.25, 0.3) is 10.9 Å². The number of hydrogen-bond acceptors (Lipinski definition) is 3. The second-order valence-corrected chi connectivity index (χ2v) is 7.56. The lowest BCUT2D eigenvalue weighted by molar-refractivity contribution is 0.0691. The Kier molecular flexibility index (Phi) is 4.94. The third kappa shape index (κ3) is 3.47. The molecule has 27 heavy (non-hydrogen) atoms. The van der Waals surface area contributed by atoms with Crippen molar-refractivity contribution in [2.24, 2.45) is 0 Å². The SMILES string of the molecule is O=C(O)c1nc2ccc(Cl)cc2c(Cc2ccccc2Cl)c1N1CCCC1.